The number of ether oxygens (including phenoxy) is 1. The molecule has 84 valence electrons. The number of primary sulfonamides is 1. The van der Waals surface area contributed by atoms with Gasteiger partial charge in [-0.05, 0) is 31.0 Å². The first-order valence-corrected chi connectivity index (χ1v) is 6.19. The maximum atomic E-state index is 11.0. The fourth-order valence-corrected chi connectivity index (χ4v) is 1.63. The Morgan fingerprint density at radius 3 is 2.27 bits per heavy atom. The van der Waals surface area contributed by atoms with Crippen molar-refractivity contribution in [1.82, 2.24) is 0 Å². The highest BCUT2D eigenvalue weighted by molar-refractivity contribution is 7.89. The van der Waals surface area contributed by atoms with Crippen molar-refractivity contribution in [1.29, 1.82) is 0 Å². The highest BCUT2D eigenvalue weighted by Gasteiger charge is 2.15. The summed E-state index contributed by atoms with van der Waals surface area (Å²) in [5.74, 6) is 0.752. The van der Waals surface area contributed by atoms with Crippen LogP contribution in [0.1, 0.15) is 12.5 Å². The van der Waals surface area contributed by atoms with E-state index in [0.717, 1.165) is 11.3 Å². The van der Waals surface area contributed by atoms with Crippen LogP contribution in [-0.2, 0) is 16.4 Å². The van der Waals surface area contributed by atoms with Crippen LogP contribution in [-0.4, -0.2) is 20.8 Å². The topological polar surface area (TPSA) is 69.4 Å². The first kappa shape index (κ1) is 12.0. The van der Waals surface area contributed by atoms with Crippen molar-refractivity contribution in [2.75, 3.05) is 7.11 Å². The summed E-state index contributed by atoms with van der Waals surface area (Å²) in [6, 6.07) is 7.26. The minimum Gasteiger partial charge on any atom is -0.497 e. The van der Waals surface area contributed by atoms with Crippen LogP contribution < -0.4 is 9.88 Å². The van der Waals surface area contributed by atoms with Gasteiger partial charge in [0.1, 0.15) is 5.75 Å². The van der Waals surface area contributed by atoms with E-state index < -0.39 is 15.3 Å². The molecule has 1 unspecified atom stereocenters. The van der Waals surface area contributed by atoms with Crippen LogP contribution in [0.3, 0.4) is 0 Å². The molecular formula is C10H15NO3S. The molecule has 1 atom stereocenters. The fourth-order valence-electron chi connectivity index (χ4n) is 1.21. The SMILES string of the molecule is COc1ccc(CC(C)S(N)(=O)=O)cc1. The van der Waals surface area contributed by atoms with Gasteiger partial charge in [-0.3, -0.25) is 0 Å². The predicted octanol–water partition coefficient (Wildman–Crippen LogP) is 0.915. The molecule has 5 heteroatoms. The summed E-state index contributed by atoms with van der Waals surface area (Å²) in [6.07, 6.45) is 0.419. The third kappa shape index (κ3) is 3.53. The number of sulfonamides is 1. The van der Waals surface area contributed by atoms with E-state index in [1.165, 1.54) is 0 Å². The van der Waals surface area contributed by atoms with Gasteiger partial charge >= 0.3 is 0 Å². The Kier molecular flexibility index (Phi) is 3.71. The van der Waals surface area contributed by atoms with Crippen LogP contribution in [0.15, 0.2) is 24.3 Å². The smallest absolute Gasteiger partial charge is 0.212 e. The van der Waals surface area contributed by atoms with Crippen molar-refractivity contribution < 1.29 is 13.2 Å². The molecule has 0 bridgehead atoms. The van der Waals surface area contributed by atoms with Crippen LogP contribution in [0.2, 0.25) is 0 Å². The molecule has 0 radical (unpaired) electrons. The normalized spacial score (nSPS) is 13.5. The molecule has 0 amide bonds. The molecule has 2 N–H and O–H groups in total. The Hall–Kier alpha value is -1.07. The maximum absolute atomic E-state index is 11.0. The molecule has 0 spiro atoms. The van der Waals surface area contributed by atoms with E-state index in [2.05, 4.69) is 0 Å². The van der Waals surface area contributed by atoms with Gasteiger partial charge < -0.3 is 4.74 Å². The predicted molar refractivity (Wildman–Crippen MR) is 59.3 cm³/mol. The monoisotopic (exact) mass is 229 g/mol. The minimum atomic E-state index is -3.45. The van der Waals surface area contributed by atoms with Gasteiger partial charge in [-0.1, -0.05) is 12.1 Å². The molecule has 0 fully saturated rings. The zero-order chi connectivity index (χ0) is 11.5. The van der Waals surface area contributed by atoms with Gasteiger partial charge in [-0.2, -0.15) is 0 Å². The van der Waals surface area contributed by atoms with E-state index >= 15 is 0 Å². The average Bonchev–Trinajstić information content (AvgIpc) is 2.17. The Morgan fingerprint density at radius 1 is 1.33 bits per heavy atom. The van der Waals surface area contributed by atoms with Crippen LogP contribution in [0.5, 0.6) is 5.75 Å². The standard InChI is InChI=1S/C10H15NO3S/c1-8(15(11,12)13)7-9-3-5-10(14-2)6-4-9/h3-6,8H,7H2,1-2H3,(H2,11,12,13). The second-order valence-electron chi connectivity index (χ2n) is 3.45. The molecule has 0 aliphatic heterocycles. The molecule has 1 aromatic rings. The van der Waals surface area contributed by atoms with E-state index in [1.54, 1.807) is 26.2 Å². The van der Waals surface area contributed by atoms with Crippen molar-refractivity contribution in [3.8, 4) is 5.75 Å². The maximum Gasteiger partial charge on any atom is 0.212 e. The average molecular weight is 229 g/mol. The van der Waals surface area contributed by atoms with E-state index in [4.69, 9.17) is 9.88 Å². The molecule has 0 aliphatic rings. The second kappa shape index (κ2) is 4.63. The van der Waals surface area contributed by atoms with Gasteiger partial charge in [0.25, 0.3) is 0 Å². The van der Waals surface area contributed by atoms with Crippen LogP contribution >= 0.6 is 0 Å². The molecular weight excluding hydrogens is 214 g/mol. The summed E-state index contributed by atoms with van der Waals surface area (Å²) in [7, 11) is -1.86. The van der Waals surface area contributed by atoms with E-state index in [1.807, 2.05) is 12.1 Å². The van der Waals surface area contributed by atoms with Gasteiger partial charge in [0, 0.05) is 0 Å². The summed E-state index contributed by atoms with van der Waals surface area (Å²) in [4.78, 5) is 0. The Balaban J connectivity index is 2.74. The van der Waals surface area contributed by atoms with Crippen molar-refractivity contribution in [2.45, 2.75) is 18.6 Å². The van der Waals surface area contributed by atoms with E-state index in [9.17, 15) is 8.42 Å². The van der Waals surface area contributed by atoms with E-state index in [-0.39, 0.29) is 0 Å². The number of hydrogen-bond donors (Lipinski definition) is 1. The highest BCUT2D eigenvalue weighted by atomic mass is 32.2. The lowest BCUT2D eigenvalue weighted by atomic mass is 10.1. The minimum absolute atomic E-state index is 0.419. The Morgan fingerprint density at radius 2 is 1.87 bits per heavy atom. The fraction of sp³-hybridized carbons (Fsp3) is 0.400. The zero-order valence-electron chi connectivity index (χ0n) is 8.80. The van der Waals surface area contributed by atoms with Crippen molar-refractivity contribution >= 4 is 10.0 Å². The molecule has 15 heavy (non-hydrogen) atoms. The quantitative estimate of drug-likeness (QED) is 0.834. The summed E-state index contributed by atoms with van der Waals surface area (Å²) in [6.45, 7) is 1.60. The van der Waals surface area contributed by atoms with Crippen LogP contribution in [0.25, 0.3) is 0 Å². The van der Waals surface area contributed by atoms with Gasteiger partial charge in [0.05, 0.1) is 12.4 Å². The summed E-state index contributed by atoms with van der Waals surface area (Å²) < 4.78 is 27.0. The lowest BCUT2D eigenvalue weighted by Gasteiger charge is -2.09. The lowest BCUT2D eigenvalue weighted by Crippen LogP contribution is -2.27. The van der Waals surface area contributed by atoms with Crippen molar-refractivity contribution in [2.24, 2.45) is 5.14 Å². The second-order valence-corrected chi connectivity index (χ2v) is 5.43. The summed E-state index contributed by atoms with van der Waals surface area (Å²) in [5, 5.41) is 4.47. The number of methoxy groups -OCH3 is 1. The molecule has 0 saturated carbocycles. The number of rotatable bonds is 4. The first-order chi connectivity index (χ1) is 6.93. The van der Waals surface area contributed by atoms with Gasteiger partial charge in [-0.15, -0.1) is 0 Å². The molecule has 1 rings (SSSR count). The number of hydrogen-bond acceptors (Lipinski definition) is 3. The van der Waals surface area contributed by atoms with E-state index in [0.29, 0.717) is 6.42 Å². The molecule has 0 aromatic heterocycles. The molecule has 4 nitrogen and oxygen atoms in total. The Bertz CT molecular complexity index is 411. The first-order valence-electron chi connectivity index (χ1n) is 4.58. The lowest BCUT2D eigenvalue weighted by molar-refractivity contribution is 0.414. The Labute approximate surface area is 90.1 Å². The van der Waals surface area contributed by atoms with Gasteiger partial charge in [0.15, 0.2) is 0 Å². The van der Waals surface area contributed by atoms with Crippen molar-refractivity contribution in [3.63, 3.8) is 0 Å². The van der Waals surface area contributed by atoms with Gasteiger partial charge in [-0.25, -0.2) is 13.6 Å². The molecule has 0 heterocycles. The van der Waals surface area contributed by atoms with Crippen LogP contribution in [0.4, 0.5) is 0 Å². The van der Waals surface area contributed by atoms with Crippen LogP contribution in [0, 0.1) is 0 Å². The molecule has 1 aromatic carbocycles. The third-order valence-corrected chi connectivity index (χ3v) is 3.53. The van der Waals surface area contributed by atoms with Gasteiger partial charge in [0.2, 0.25) is 10.0 Å². The van der Waals surface area contributed by atoms with Crippen molar-refractivity contribution in [3.05, 3.63) is 29.8 Å². The number of nitrogens with two attached hydrogens (primary N) is 1. The third-order valence-electron chi connectivity index (χ3n) is 2.24. The molecule has 0 saturated heterocycles. The molecule has 0 aliphatic carbocycles. The largest absolute Gasteiger partial charge is 0.497 e. The zero-order valence-corrected chi connectivity index (χ0v) is 9.62. The highest BCUT2D eigenvalue weighted by Crippen LogP contribution is 2.14. The summed E-state index contributed by atoms with van der Waals surface area (Å²) >= 11 is 0. The summed E-state index contributed by atoms with van der Waals surface area (Å²) in [5.41, 5.74) is 0.928. The number of benzene rings is 1.